The van der Waals surface area contributed by atoms with Crippen molar-refractivity contribution in [3.05, 3.63) is 12.7 Å². The standard InChI is InChI=1S/C19H33N9O5/c1-23-6-10(20)2-4-27(5-3-11(21)19(31)32)7-12-14(29)15(30)18(33-12)28-9-26-13-16(22)24-8-25-17(13)28/h8-12,14-15,18,23,29-30H,2-7,20-21H2,1H3,(H,31,32)(H2,22,24,25)/t10?,11?,12-,14-,15-,18-/m1/s1. The summed E-state index contributed by atoms with van der Waals surface area (Å²) in [6.45, 7) is 1.78. The number of aliphatic hydroxyl groups excluding tert-OH is 2. The van der Waals surface area contributed by atoms with Gasteiger partial charge in [-0.1, -0.05) is 0 Å². The molecule has 1 aliphatic rings. The van der Waals surface area contributed by atoms with Crippen molar-refractivity contribution in [1.82, 2.24) is 29.7 Å². The van der Waals surface area contributed by atoms with Gasteiger partial charge in [0.05, 0.1) is 6.33 Å². The van der Waals surface area contributed by atoms with Crippen molar-refractivity contribution in [3.63, 3.8) is 0 Å². The Morgan fingerprint density at radius 1 is 1.24 bits per heavy atom. The third-order valence-corrected chi connectivity index (χ3v) is 5.79. The Morgan fingerprint density at radius 3 is 2.67 bits per heavy atom. The Kier molecular flexibility index (Phi) is 8.47. The lowest BCUT2D eigenvalue weighted by molar-refractivity contribution is -0.138. The second-order valence-electron chi connectivity index (χ2n) is 8.27. The summed E-state index contributed by atoms with van der Waals surface area (Å²) in [6.07, 6.45) is -0.534. The Morgan fingerprint density at radius 2 is 1.97 bits per heavy atom. The Balaban J connectivity index is 1.71. The monoisotopic (exact) mass is 467 g/mol. The van der Waals surface area contributed by atoms with Crippen LogP contribution in [-0.4, -0.2) is 109 Å². The van der Waals surface area contributed by atoms with Crippen LogP contribution in [0.2, 0.25) is 0 Å². The van der Waals surface area contributed by atoms with E-state index in [-0.39, 0.29) is 24.8 Å². The normalized spacial score (nSPS) is 25.0. The summed E-state index contributed by atoms with van der Waals surface area (Å²) in [4.78, 5) is 25.3. The Labute approximate surface area is 190 Å². The SMILES string of the molecule is CNCC(N)CCN(CCC(N)C(=O)O)C[C@H]1O[C@@H](n2cnc3c(N)ncnc32)[C@H](O)[C@@H]1O. The van der Waals surface area contributed by atoms with E-state index >= 15 is 0 Å². The molecule has 2 unspecified atom stereocenters. The summed E-state index contributed by atoms with van der Waals surface area (Å²) in [6, 6.07) is -1.10. The Bertz CT molecular complexity index is 928. The van der Waals surface area contributed by atoms with E-state index in [2.05, 4.69) is 20.3 Å². The summed E-state index contributed by atoms with van der Waals surface area (Å²) < 4.78 is 7.52. The van der Waals surface area contributed by atoms with Crippen molar-refractivity contribution < 1.29 is 24.9 Å². The number of fused-ring (bicyclic) bond motifs is 1. The molecule has 2 aromatic rings. The minimum absolute atomic E-state index is 0.0964. The number of hydrogen-bond acceptors (Lipinski definition) is 12. The van der Waals surface area contributed by atoms with Crippen molar-refractivity contribution >= 4 is 23.0 Å². The van der Waals surface area contributed by atoms with Gasteiger partial charge in [0.1, 0.15) is 36.2 Å². The second-order valence-corrected chi connectivity index (χ2v) is 8.27. The van der Waals surface area contributed by atoms with Gasteiger partial charge in [-0.05, 0) is 26.4 Å². The first-order chi connectivity index (χ1) is 15.7. The number of likely N-dealkylation sites (N-methyl/N-ethyl adjacent to an activating group) is 1. The highest BCUT2D eigenvalue weighted by molar-refractivity contribution is 5.81. The molecule has 0 aliphatic carbocycles. The zero-order chi connectivity index (χ0) is 24.1. The van der Waals surface area contributed by atoms with E-state index in [1.807, 2.05) is 11.9 Å². The van der Waals surface area contributed by atoms with Crippen molar-refractivity contribution in [1.29, 1.82) is 0 Å². The number of aromatic nitrogens is 4. The van der Waals surface area contributed by atoms with Crippen LogP contribution in [0.25, 0.3) is 11.2 Å². The molecule has 0 amide bonds. The lowest BCUT2D eigenvalue weighted by Crippen LogP contribution is -2.44. The molecule has 3 rings (SSSR count). The number of imidazole rings is 1. The van der Waals surface area contributed by atoms with Crippen LogP contribution in [0, 0.1) is 0 Å². The number of aliphatic carboxylic acids is 1. The summed E-state index contributed by atoms with van der Waals surface area (Å²) in [5, 5.41) is 33.5. The van der Waals surface area contributed by atoms with Gasteiger partial charge in [-0.3, -0.25) is 9.36 Å². The zero-order valence-electron chi connectivity index (χ0n) is 18.5. The van der Waals surface area contributed by atoms with Crippen LogP contribution in [0.3, 0.4) is 0 Å². The molecule has 184 valence electrons. The zero-order valence-corrected chi connectivity index (χ0v) is 18.5. The minimum Gasteiger partial charge on any atom is -0.480 e. The molecule has 0 bridgehead atoms. The summed E-state index contributed by atoms with van der Waals surface area (Å²) in [7, 11) is 1.81. The van der Waals surface area contributed by atoms with Gasteiger partial charge in [0.15, 0.2) is 17.7 Å². The lowest BCUT2D eigenvalue weighted by Gasteiger charge is -2.28. The molecule has 10 N–H and O–H groups in total. The fourth-order valence-electron chi connectivity index (χ4n) is 3.87. The fourth-order valence-corrected chi connectivity index (χ4v) is 3.87. The van der Waals surface area contributed by atoms with E-state index in [1.54, 1.807) is 0 Å². The number of nitrogens with one attached hydrogen (secondary N) is 1. The maximum atomic E-state index is 11.1. The van der Waals surface area contributed by atoms with E-state index in [0.29, 0.717) is 37.2 Å². The van der Waals surface area contributed by atoms with Gasteiger partial charge >= 0.3 is 5.97 Å². The number of ether oxygens (including phenoxy) is 1. The van der Waals surface area contributed by atoms with Crippen LogP contribution in [-0.2, 0) is 9.53 Å². The highest BCUT2D eigenvalue weighted by Crippen LogP contribution is 2.32. The molecule has 3 heterocycles. The van der Waals surface area contributed by atoms with Gasteiger partial charge in [-0.25, -0.2) is 15.0 Å². The number of nitrogens with zero attached hydrogens (tertiary/aromatic N) is 5. The predicted octanol–water partition coefficient (Wildman–Crippen LogP) is -2.93. The van der Waals surface area contributed by atoms with E-state index in [9.17, 15) is 15.0 Å². The molecule has 14 nitrogen and oxygen atoms in total. The first-order valence-electron chi connectivity index (χ1n) is 10.8. The first-order valence-corrected chi connectivity index (χ1v) is 10.8. The van der Waals surface area contributed by atoms with Gasteiger partial charge in [-0.15, -0.1) is 0 Å². The van der Waals surface area contributed by atoms with Gasteiger partial charge in [0.25, 0.3) is 0 Å². The number of carbonyl (C=O) groups is 1. The summed E-state index contributed by atoms with van der Waals surface area (Å²) in [5.41, 5.74) is 18.3. The van der Waals surface area contributed by atoms with Crippen molar-refractivity contribution in [2.24, 2.45) is 11.5 Å². The third kappa shape index (κ3) is 5.92. The van der Waals surface area contributed by atoms with E-state index in [0.717, 1.165) is 0 Å². The quantitative estimate of drug-likeness (QED) is 0.166. The largest absolute Gasteiger partial charge is 0.480 e. The molecular formula is C19H33N9O5. The number of rotatable bonds is 12. The molecule has 0 aromatic carbocycles. The number of aliphatic hydroxyl groups is 2. The van der Waals surface area contributed by atoms with E-state index in [1.165, 1.54) is 17.2 Å². The van der Waals surface area contributed by atoms with Crippen LogP contribution in [0.4, 0.5) is 5.82 Å². The maximum Gasteiger partial charge on any atom is 0.320 e. The number of hydrogen-bond donors (Lipinski definition) is 7. The van der Waals surface area contributed by atoms with Crippen molar-refractivity contribution in [2.45, 2.75) is 49.5 Å². The summed E-state index contributed by atoms with van der Waals surface area (Å²) in [5.74, 6) is -0.884. The number of nitrogens with two attached hydrogens (primary N) is 3. The van der Waals surface area contributed by atoms with Crippen LogP contribution in [0.15, 0.2) is 12.7 Å². The van der Waals surface area contributed by atoms with Crippen LogP contribution in [0.5, 0.6) is 0 Å². The molecule has 1 saturated heterocycles. The number of carboxylic acid groups (broad SMARTS) is 1. The number of nitrogen functional groups attached to an aromatic ring is 1. The first kappa shape index (κ1) is 25.2. The molecular weight excluding hydrogens is 434 g/mol. The third-order valence-electron chi connectivity index (χ3n) is 5.79. The van der Waals surface area contributed by atoms with Gasteiger partial charge < -0.3 is 47.5 Å². The predicted molar refractivity (Wildman–Crippen MR) is 119 cm³/mol. The molecule has 6 atom stereocenters. The molecule has 1 fully saturated rings. The van der Waals surface area contributed by atoms with Crippen molar-refractivity contribution in [2.75, 3.05) is 39.0 Å². The molecule has 0 spiro atoms. The van der Waals surface area contributed by atoms with E-state index in [4.69, 9.17) is 27.0 Å². The highest BCUT2D eigenvalue weighted by Gasteiger charge is 2.44. The van der Waals surface area contributed by atoms with Gasteiger partial charge in [0.2, 0.25) is 0 Å². The minimum atomic E-state index is -1.24. The van der Waals surface area contributed by atoms with Crippen molar-refractivity contribution in [3.8, 4) is 0 Å². The van der Waals surface area contributed by atoms with Crippen LogP contribution >= 0.6 is 0 Å². The number of anilines is 1. The maximum absolute atomic E-state index is 11.1. The van der Waals surface area contributed by atoms with Gasteiger partial charge in [0, 0.05) is 25.7 Å². The average molecular weight is 468 g/mol. The topological polar surface area (TPSA) is 224 Å². The fraction of sp³-hybridized carbons (Fsp3) is 0.684. The van der Waals surface area contributed by atoms with Crippen LogP contribution in [0.1, 0.15) is 19.1 Å². The summed E-state index contributed by atoms with van der Waals surface area (Å²) >= 11 is 0. The second kappa shape index (κ2) is 11.1. The molecule has 14 heteroatoms. The molecule has 0 radical (unpaired) electrons. The average Bonchev–Trinajstić information content (AvgIpc) is 3.32. The highest BCUT2D eigenvalue weighted by atomic mass is 16.6. The van der Waals surface area contributed by atoms with Crippen LogP contribution < -0.4 is 22.5 Å². The van der Waals surface area contributed by atoms with Gasteiger partial charge in [-0.2, -0.15) is 0 Å². The molecule has 2 aromatic heterocycles. The number of carboxylic acids is 1. The Hall–Kier alpha value is -2.46. The molecule has 0 saturated carbocycles. The lowest BCUT2D eigenvalue weighted by atomic mass is 10.1. The van der Waals surface area contributed by atoms with E-state index < -0.39 is 36.6 Å². The molecule has 33 heavy (non-hydrogen) atoms. The smallest absolute Gasteiger partial charge is 0.320 e. The molecule has 1 aliphatic heterocycles.